The van der Waals surface area contributed by atoms with Gasteiger partial charge in [-0.25, -0.2) is 0 Å². The minimum absolute atomic E-state index is 0.275. The van der Waals surface area contributed by atoms with Crippen LogP contribution in [0, 0.1) is 0 Å². The maximum Gasteiger partial charge on any atom is 0.313 e. The molecule has 0 unspecified atom stereocenters. The lowest BCUT2D eigenvalue weighted by Gasteiger charge is -2.19. The van der Waals surface area contributed by atoms with Crippen LogP contribution in [0.4, 0.5) is 0 Å². The Labute approximate surface area is 155 Å². The summed E-state index contributed by atoms with van der Waals surface area (Å²) in [7, 11) is 0. The van der Waals surface area contributed by atoms with E-state index in [0.717, 1.165) is 0 Å². The predicted octanol–water partition coefficient (Wildman–Crippen LogP) is 6.19. The van der Waals surface area contributed by atoms with E-state index in [2.05, 4.69) is 0 Å². The highest BCUT2D eigenvalue weighted by molar-refractivity contribution is 6.36. The van der Waals surface area contributed by atoms with Crippen LogP contribution >= 0.6 is 46.4 Å². The molecule has 0 bridgehead atoms. The summed E-state index contributed by atoms with van der Waals surface area (Å²) in [5.74, 6) is -0.996. The van der Waals surface area contributed by atoms with Crippen molar-refractivity contribution in [2.24, 2.45) is 0 Å². The van der Waals surface area contributed by atoms with Crippen LogP contribution in [-0.4, -0.2) is 12.6 Å². The van der Waals surface area contributed by atoms with Crippen LogP contribution in [0.3, 0.4) is 0 Å². The van der Waals surface area contributed by atoms with Crippen molar-refractivity contribution in [1.29, 1.82) is 0 Å². The molecule has 0 spiro atoms. The fourth-order valence-electron chi connectivity index (χ4n) is 2.28. The van der Waals surface area contributed by atoms with Gasteiger partial charge in [0.2, 0.25) is 0 Å². The highest BCUT2D eigenvalue weighted by Crippen LogP contribution is 2.34. The molecule has 0 saturated heterocycles. The Morgan fingerprint density at radius 3 is 2.26 bits per heavy atom. The maximum atomic E-state index is 12.4. The summed E-state index contributed by atoms with van der Waals surface area (Å²) in [6.45, 7) is 2.03. The van der Waals surface area contributed by atoms with Crippen LogP contribution in [0.1, 0.15) is 24.0 Å². The van der Waals surface area contributed by atoms with E-state index in [1.807, 2.05) is 0 Å². The van der Waals surface area contributed by atoms with E-state index in [9.17, 15) is 4.79 Å². The molecular formula is C17H14Cl4O2. The Bertz CT molecular complexity index is 695. The quantitative estimate of drug-likeness (QED) is 0.568. The van der Waals surface area contributed by atoms with Gasteiger partial charge in [-0.3, -0.25) is 4.79 Å². The molecule has 122 valence electrons. The second-order valence-corrected chi connectivity index (χ2v) is 6.53. The van der Waals surface area contributed by atoms with Crippen molar-refractivity contribution in [3.05, 3.63) is 67.6 Å². The van der Waals surface area contributed by atoms with Crippen LogP contribution < -0.4 is 0 Å². The fourth-order valence-corrected chi connectivity index (χ4v) is 3.37. The van der Waals surface area contributed by atoms with Crippen molar-refractivity contribution < 1.29 is 9.53 Å². The van der Waals surface area contributed by atoms with E-state index in [1.165, 1.54) is 0 Å². The summed E-state index contributed by atoms with van der Waals surface area (Å²) < 4.78 is 5.18. The highest BCUT2D eigenvalue weighted by atomic mass is 35.5. The summed E-state index contributed by atoms with van der Waals surface area (Å²) in [6.07, 6.45) is 0.290. The Kier molecular flexibility index (Phi) is 6.60. The molecule has 0 saturated carbocycles. The zero-order chi connectivity index (χ0) is 17.0. The van der Waals surface area contributed by atoms with Crippen LogP contribution in [0.5, 0.6) is 0 Å². The van der Waals surface area contributed by atoms with E-state index in [-0.39, 0.29) is 12.6 Å². The van der Waals surface area contributed by atoms with Gasteiger partial charge in [-0.15, -0.1) is 0 Å². The predicted molar refractivity (Wildman–Crippen MR) is 96.0 cm³/mol. The van der Waals surface area contributed by atoms with Crippen LogP contribution in [-0.2, 0) is 16.0 Å². The molecule has 0 heterocycles. The van der Waals surface area contributed by atoms with E-state index < -0.39 is 5.92 Å². The minimum atomic E-state index is -0.614. The second kappa shape index (κ2) is 8.25. The lowest BCUT2D eigenvalue weighted by Crippen LogP contribution is -2.19. The van der Waals surface area contributed by atoms with Gasteiger partial charge in [-0.05, 0) is 48.7 Å². The van der Waals surface area contributed by atoms with Crippen molar-refractivity contribution in [2.75, 3.05) is 6.61 Å². The zero-order valence-electron chi connectivity index (χ0n) is 12.3. The summed E-state index contributed by atoms with van der Waals surface area (Å²) >= 11 is 24.6. The number of hydrogen-bond donors (Lipinski definition) is 0. The third-order valence-electron chi connectivity index (χ3n) is 3.38. The molecule has 2 aromatic rings. The van der Waals surface area contributed by atoms with E-state index >= 15 is 0 Å². The number of carbonyl (C=O) groups excluding carboxylic acids is 1. The molecule has 2 aromatic carbocycles. The number of esters is 1. The average Bonchev–Trinajstić information content (AvgIpc) is 2.48. The van der Waals surface area contributed by atoms with Gasteiger partial charge < -0.3 is 4.74 Å². The van der Waals surface area contributed by atoms with Crippen LogP contribution in [0.15, 0.2) is 36.4 Å². The Morgan fingerprint density at radius 2 is 1.70 bits per heavy atom. The second-order valence-electron chi connectivity index (χ2n) is 4.87. The molecule has 2 nitrogen and oxygen atoms in total. The number of ether oxygens (including phenoxy) is 1. The number of rotatable bonds is 5. The SMILES string of the molecule is CCOC(=O)[C@@H](Cc1c(Cl)cccc1Cl)c1ccc(Cl)cc1Cl. The van der Waals surface area contributed by atoms with Gasteiger partial charge in [-0.1, -0.05) is 58.5 Å². The minimum Gasteiger partial charge on any atom is -0.466 e. The van der Waals surface area contributed by atoms with Crippen molar-refractivity contribution in [3.63, 3.8) is 0 Å². The number of carbonyl (C=O) groups is 1. The van der Waals surface area contributed by atoms with Crippen molar-refractivity contribution in [2.45, 2.75) is 19.3 Å². The average molecular weight is 392 g/mol. The van der Waals surface area contributed by atoms with Gasteiger partial charge in [-0.2, -0.15) is 0 Å². The number of hydrogen-bond acceptors (Lipinski definition) is 2. The molecule has 0 aliphatic heterocycles. The van der Waals surface area contributed by atoms with E-state index in [1.54, 1.807) is 43.3 Å². The Balaban J connectivity index is 2.44. The molecule has 6 heteroatoms. The number of halogens is 4. The summed E-state index contributed by atoms with van der Waals surface area (Å²) in [6, 6.07) is 10.2. The van der Waals surface area contributed by atoms with Gasteiger partial charge >= 0.3 is 5.97 Å². The molecule has 0 aromatic heterocycles. The standard InChI is InChI=1S/C17H14Cl4O2/c1-2-23-17(22)12(11-7-6-10(18)8-16(11)21)9-13-14(19)4-3-5-15(13)20/h3-8,12H,2,9H2,1H3/t12-/m0/s1. The van der Waals surface area contributed by atoms with E-state index in [0.29, 0.717) is 37.6 Å². The van der Waals surface area contributed by atoms with Crippen molar-refractivity contribution >= 4 is 52.4 Å². The molecule has 0 aliphatic carbocycles. The summed E-state index contributed by atoms with van der Waals surface area (Å²) in [4.78, 5) is 12.4. The highest BCUT2D eigenvalue weighted by Gasteiger charge is 2.26. The topological polar surface area (TPSA) is 26.3 Å². The summed E-state index contributed by atoms with van der Waals surface area (Å²) in [5, 5.41) is 1.89. The first kappa shape index (κ1) is 18.4. The molecule has 0 N–H and O–H groups in total. The monoisotopic (exact) mass is 390 g/mol. The number of benzene rings is 2. The fraction of sp³-hybridized carbons (Fsp3) is 0.235. The molecule has 0 aliphatic rings. The molecule has 2 rings (SSSR count). The summed E-state index contributed by atoms with van der Waals surface area (Å²) in [5.41, 5.74) is 1.31. The first-order valence-corrected chi connectivity index (χ1v) is 8.49. The largest absolute Gasteiger partial charge is 0.466 e. The smallest absolute Gasteiger partial charge is 0.313 e. The maximum absolute atomic E-state index is 12.4. The molecular weight excluding hydrogens is 378 g/mol. The van der Waals surface area contributed by atoms with E-state index in [4.69, 9.17) is 51.1 Å². The third kappa shape index (κ3) is 4.54. The molecule has 1 atom stereocenters. The Morgan fingerprint density at radius 1 is 1.04 bits per heavy atom. The van der Waals surface area contributed by atoms with Gasteiger partial charge in [0.05, 0.1) is 12.5 Å². The van der Waals surface area contributed by atoms with Gasteiger partial charge in [0.25, 0.3) is 0 Å². The third-order valence-corrected chi connectivity index (χ3v) is 4.65. The van der Waals surface area contributed by atoms with Crippen LogP contribution in [0.2, 0.25) is 20.1 Å². The first-order chi connectivity index (χ1) is 10.9. The molecule has 23 heavy (non-hydrogen) atoms. The molecule has 0 amide bonds. The molecule has 0 radical (unpaired) electrons. The van der Waals surface area contributed by atoms with Crippen molar-refractivity contribution in [3.8, 4) is 0 Å². The van der Waals surface area contributed by atoms with Gasteiger partial charge in [0.15, 0.2) is 0 Å². The molecule has 0 fully saturated rings. The first-order valence-electron chi connectivity index (χ1n) is 6.98. The normalized spacial score (nSPS) is 12.0. The zero-order valence-corrected chi connectivity index (χ0v) is 15.3. The van der Waals surface area contributed by atoms with Crippen molar-refractivity contribution in [1.82, 2.24) is 0 Å². The van der Waals surface area contributed by atoms with Gasteiger partial charge in [0, 0.05) is 20.1 Å². The Hall–Kier alpha value is -0.930. The van der Waals surface area contributed by atoms with Crippen LogP contribution in [0.25, 0.3) is 0 Å². The lowest BCUT2D eigenvalue weighted by molar-refractivity contribution is -0.144. The lowest BCUT2D eigenvalue weighted by atomic mass is 9.92. The van der Waals surface area contributed by atoms with Gasteiger partial charge in [0.1, 0.15) is 0 Å².